The van der Waals surface area contributed by atoms with Crippen molar-refractivity contribution in [3.63, 3.8) is 0 Å². The van der Waals surface area contributed by atoms with E-state index in [1.54, 1.807) is 0 Å². The molecule has 3 aliphatic heterocycles. The van der Waals surface area contributed by atoms with Crippen LogP contribution in [0.2, 0.25) is 0 Å². The van der Waals surface area contributed by atoms with Gasteiger partial charge >= 0.3 is 6.85 Å². The number of aromatic nitrogens is 1. The molecule has 4 aromatic rings. The number of anilines is 3. The third kappa shape index (κ3) is 2.72. The van der Waals surface area contributed by atoms with Crippen LogP contribution in [0, 0.1) is 0 Å². The Hall–Kier alpha value is -4.38. The molecule has 1 aromatic heterocycles. The number of para-hydroxylation sites is 2. The molecule has 0 atom stereocenters. The fourth-order valence-corrected chi connectivity index (χ4v) is 5.09. The number of nitrogens with zero attached hydrogens (tertiary/aromatic N) is 4. The van der Waals surface area contributed by atoms with E-state index in [4.69, 9.17) is 4.99 Å². The highest BCUT2D eigenvalue weighted by atomic mass is 15.2. The minimum Gasteiger partial charge on any atom is -0.367 e. The second-order valence-electron chi connectivity index (χ2n) is 8.35. The molecule has 4 nitrogen and oxygen atoms in total. The van der Waals surface area contributed by atoms with Crippen LogP contribution < -0.4 is 15.8 Å². The monoisotopic (exact) mass is 422 g/mol. The summed E-state index contributed by atoms with van der Waals surface area (Å²) in [6.45, 7) is 0.0449. The molecule has 4 heterocycles. The van der Waals surface area contributed by atoms with E-state index >= 15 is 0 Å². The summed E-state index contributed by atoms with van der Waals surface area (Å²) in [6.07, 6.45) is 8.24. The fourth-order valence-electron chi connectivity index (χ4n) is 5.09. The van der Waals surface area contributed by atoms with Gasteiger partial charge in [0.1, 0.15) is 5.84 Å². The average Bonchev–Trinajstić information content (AvgIpc) is 2.89. The molecular weight excluding hydrogens is 403 g/mol. The first-order chi connectivity index (χ1) is 16.4. The molecule has 0 N–H and O–H groups in total. The zero-order valence-electron chi connectivity index (χ0n) is 17.8. The van der Waals surface area contributed by atoms with Crippen molar-refractivity contribution in [3.8, 4) is 0 Å². The molecule has 0 unspecified atom stereocenters. The lowest BCUT2D eigenvalue weighted by molar-refractivity contribution is 0.865. The highest BCUT2D eigenvalue weighted by Crippen LogP contribution is 2.40. The Morgan fingerprint density at radius 3 is 2.39 bits per heavy atom. The van der Waals surface area contributed by atoms with Crippen molar-refractivity contribution in [1.82, 2.24) is 9.79 Å². The summed E-state index contributed by atoms with van der Waals surface area (Å²) in [5, 5.41) is 0. The number of rotatable bonds is 2. The molecule has 0 bridgehead atoms. The van der Waals surface area contributed by atoms with Crippen molar-refractivity contribution in [2.24, 2.45) is 4.99 Å². The predicted molar refractivity (Wildman–Crippen MR) is 136 cm³/mol. The van der Waals surface area contributed by atoms with Gasteiger partial charge in [-0.3, -0.25) is 4.98 Å². The number of allylic oxidation sites excluding steroid dienone is 2. The molecule has 3 aliphatic rings. The minimum absolute atomic E-state index is 0.0449. The van der Waals surface area contributed by atoms with Crippen LogP contribution in [-0.2, 0) is 0 Å². The summed E-state index contributed by atoms with van der Waals surface area (Å²) >= 11 is 0. The van der Waals surface area contributed by atoms with E-state index in [-0.39, 0.29) is 6.85 Å². The second kappa shape index (κ2) is 7.07. The zero-order valence-corrected chi connectivity index (χ0v) is 17.8. The van der Waals surface area contributed by atoms with Gasteiger partial charge in [0.25, 0.3) is 0 Å². The van der Waals surface area contributed by atoms with Crippen LogP contribution in [0.15, 0.2) is 121 Å². The summed E-state index contributed by atoms with van der Waals surface area (Å²) < 4.78 is 0. The fraction of sp³-hybridized carbons (Fsp3) is 0. The summed E-state index contributed by atoms with van der Waals surface area (Å²) in [6, 6.07) is 31.7. The van der Waals surface area contributed by atoms with Crippen LogP contribution in [0.5, 0.6) is 0 Å². The highest BCUT2D eigenvalue weighted by molar-refractivity contribution is 6.89. The molecule has 3 aromatic carbocycles. The van der Waals surface area contributed by atoms with E-state index in [2.05, 4.69) is 106 Å². The lowest BCUT2D eigenvalue weighted by Crippen LogP contribution is -2.62. The highest BCUT2D eigenvalue weighted by Gasteiger charge is 2.43. The molecular formula is C28H19BN4. The SMILES string of the molecule is C1=CC2=Nc3cccc4c3B(c3ccccc3N4c3ccccc3)N2C=C1c1ccccn1. The topological polar surface area (TPSA) is 31.7 Å². The molecule has 0 saturated carbocycles. The van der Waals surface area contributed by atoms with Crippen LogP contribution in [0.1, 0.15) is 5.69 Å². The van der Waals surface area contributed by atoms with E-state index in [1.165, 1.54) is 22.3 Å². The van der Waals surface area contributed by atoms with Crippen molar-refractivity contribution in [1.29, 1.82) is 0 Å². The Kier molecular flexibility index (Phi) is 3.90. The first-order valence-corrected chi connectivity index (χ1v) is 11.1. The van der Waals surface area contributed by atoms with Crippen molar-refractivity contribution in [2.45, 2.75) is 0 Å². The van der Waals surface area contributed by atoms with Crippen LogP contribution >= 0.6 is 0 Å². The van der Waals surface area contributed by atoms with Crippen LogP contribution in [0.25, 0.3) is 5.57 Å². The Labute approximate surface area is 193 Å². The van der Waals surface area contributed by atoms with E-state index in [1.807, 2.05) is 24.4 Å². The molecule has 0 radical (unpaired) electrons. The van der Waals surface area contributed by atoms with Gasteiger partial charge in [-0.15, -0.1) is 0 Å². The summed E-state index contributed by atoms with van der Waals surface area (Å²) in [4.78, 5) is 14.3. The maximum Gasteiger partial charge on any atom is 0.335 e. The lowest BCUT2D eigenvalue weighted by Gasteiger charge is -2.43. The van der Waals surface area contributed by atoms with Gasteiger partial charge in [0.05, 0.1) is 11.4 Å². The van der Waals surface area contributed by atoms with Gasteiger partial charge in [-0.05, 0) is 65.5 Å². The van der Waals surface area contributed by atoms with Crippen molar-refractivity contribution in [2.75, 3.05) is 4.90 Å². The number of aliphatic imine (C=N–C) groups is 1. The van der Waals surface area contributed by atoms with Gasteiger partial charge in [-0.1, -0.05) is 48.5 Å². The predicted octanol–water partition coefficient (Wildman–Crippen LogP) is 4.93. The number of benzene rings is 3. The first-order valence-electron chi connectivity index (χ1n) is 11.1. The second-order valence-corrected chi connectivity index (χ2v) is 8.35. The molecule has 0 amide bonds. The Balaban J connectivity index is 1.48. The zero-order chi connectivity index (χ0) is 21.8. The molecule has 33 heavy (non-hydrogen) atoms. The quantitative estimate of drug-likeness (QED) is 0.430. The standard InChI is InChI=1S/C28H19BN4/c1-2-9-21(10-3-1)33-25-14-5-4-11-22(25)29-28-24(13-8-15-26(28)33)31-27-17-16-20(19-32(27)29)23-12-6-7-18-30-23/h1-19H. The molecule has 0 aliphatic carbocycles. The van der Waals surface area contributed by atoms with Crippen LogP contribution in [-0.4, -0.2) is 22.5 Å². The van der Waals surface area contributed by atoms with E-state index in [0.717, 1.165) is 28.5 Å². The van der Waals surface area contributed by atoms with Gasteiger partial charge in [-0.2, -0.15) is 0 Å². The van der Waals surface area contributed by atoms with Crippen molar-refractivity contribution in [3.05, 3.63) is 121 Å². The average molecular weight is 422 g/mol. The minimum atomic E-state index is 0.0449. The largest absolute Gasteiger partial charge is 0.367 e. The number of hydrogen-bond acceptors (Lipinski definition) is 4. The summed E-state index contributed by atoms with van der Waals surface area (Å²) in [5.74, 6) is 0.951. The number of amidine groups is 1. The number of fused-ring (bicyclic) bond motifs is 4. The smallest absolute Gasteiger partial charge is 0.335 e. The number of pyridine rings is 1. The Bertz CT molecular complexity index is 1470. The van der Waals surface area contributed by atoms with Gasteiger partial charge in [0.15, 0.2) is 0 Å². The molecule has 0 spiro atoms. The summed E-state index contributed by atoms with van der Waals surface area (Å²) in [7, 11) is 0. The van der Waals surface area contributed by atoms with E-state index in [9.17, 15) is 0 Å². The molecule has 0 saturated heterocycles. The molecule has 0 fully saturated rings. The normalized spacial score (nSPS) is 15.3. The third-order valence-electron chi connectivity index (χ3n) is 6.49. The van der Waals surface area contributed by atoms with Gasteiger partial charge in [0, 0.05) is 35.0 Å². The maximum atomic E-state index is 5.05. The lowest BCUT2D eigenvalue weighted by atomic mass is 9.45. The van der Waals surface area contributed by atoms with Crippen molar-refractivity contribution < 1.29 is 0 Å². The van der Waals surface area contributed by atoms with Crippen molar-refractivity contribution >= 4 is 51.9 Å². The van der Waals surface area contributed by atoms with E-state index < -0.39 is 0 Å². The molecule has 5 heteroatoms. The Morgan fingerprint density at radius 2 is 1.52 bits per heavy atom. The third-order valence-corrected chi connectivity index (χ3v) is 6.49. The van der Waals surface area contributed by atoms with Gasteiger partial charge < -0.3 is 9.71 Å². The van der Waals surface area contributed by atoms with Gasteiger partial charge in [0.2, 0.25) is 0 Å². The first kappa shape index (κ1) is 18.2. The number of hydrogen-bond donors (Lipinski definition) is 0. The Morgan fingerprint density at radius 1 is 0.697 bits per heavy atom. The molecule has 7 rings (SSSR count). The van der Waals surface area contributed by atoms with E-state index in [0.29, 0.717) is 0 Å². The molecule has 154 valence electrons. The van der Waals surface area contributed by atoms with Gasteiger partial charge in [-0.25, -0.2) is 4.99 Å². The van der Waals surface area contributed by atoms with Crippen LogP contribution in [0.4, 0.5) is 22.7 Å². The summed E-state index contributed by atoms with van der Waals surface area (Å²) in [5.41, 5.74) is 9.08. The van der Waals surface area contributed by atoms with Crippen LogP contribution in [0.3, 0.4) is 0 Å². The maximum absolute atomic E-state index is 5.05.